The molecule has 6 heteroatoms. The molecule has 2 aromatic carbocycles. The zero-order chi connectivity index (χ0) is 23.3. The number of hydrogen-bond acceptors (Lipinski definition) is 4. The van der Waals surface area contributed by atoms with Crippen LogP contribution in [0.5, 0.6) is 0 Å². The van der Waals surface area contributed by atoms with Crippen molar-refractivity contribution in [3.8, 4) is 11.1 Å². The molecule has 0 saturated carbocycles. The van der Waals surface area contributed by atoms with E-state index in [2.05, 4.69) is 78.7 Å². The Balaban J connectivity index is 0.000000390. The predicted molar refractivity (Wildman–Crippen MR) is 127 cm³/mol. The third kappa shape index (κ3) is 9.04. The van der Waals surface area contributed by atoms with Crippen LogP contribution in [0.4, 0.5) is 0 Å². The molecule has 3 N–H and O–H groups in total. The molecule has 0 radical (unpaired) electrons. The number of nitrogens with zero attached hydrogens (tertiary/aromatic N) is 1. The summed E-state index contributed by atoms with van der Waals surface area (Å²) in [4.78, 5) is 21.8. The van der Waals surface area contributed by atoms with Crippen LogP contribution >= 0.6 is 0 Å². The van der Waals surface area contributed by atoms with E-state index in [0.717, 1.165) is 19.6 Å². The molecule has 0 amide bonds. The summed E-state index contributed by atoms with van der Waals surface area (Å²) in [5, 5.41) is 19.1. The number of nitrogens with one attached hydrogen (secondary N) is 1. The van der Waals surface area contributed by atoms with Gasteiger partial charge in [-0.05, 0) is 48.5 Å². The maximum absolute atomic E-state index is 9.55. The highest BCUT2D eigenvalue weighted by atomic mass is 16.4. The number of rotatable bonds is 8. The van der Waals surface area contributed by atoms with Gasteiger partial charge in [0.05, 0.1) is 0 Å². The fourth-order valence-corrected chi connectivity index (χ4v) is 3.90. The topological polar surface area (TPSA) is 89.9 Å². The highest BCUT2D eigenvalue weighted by molar-refractivity contribution is 5.89. The monoisotopic (exact) mass is 438 g/mol. The van der Waals surface area contributed by atoms with E-state index in [-0.39, 0.29) is 0 Å². The molecule has 1 saturated heterocycles. The first-order chi connectivity index (χ1) is 15.4. The molecule has 6 nitrogen and oxygen atoms in total. The lowest BCUT2D eigenvalue weighted by atomic mass is 9.97. The number of hydrogen-bond donors (Lipinski definition) is 3. The molecule has 2 aromatic rings. The highest BCUT2D eigenvalue weighted by Gasteiger charge is 2.22. The summed E-state index contributed by atoms with van der Waals surface area (Å²) in [5.41, 5.74) is 4.14. The summed E-state index contributed by atoms with van der Waals surface area (Å²) in [5.74, 6) is -1.82. The van der Waals surface area contributed by atoms with E-state index in [1.807, 2.05) is 0 Å². The number of carboxylic acids is 2. The summed E-state index contributed by atoms with van der Waals surface area (Å²) in [6.07, 6.45) is 3.64. The molecule has 1 aliphatic rings. The molecule has 0 atom stereocenters. The minimum atomic E-state index is -1.26. The maximum atomic E-state index is 9.55. The molecule has 0 bridgehead atoms. The van der Waals surface area contributed by atoms with Crippen LogP contribution in [0.1, 0.15) is 32.3 Å². The van der Waals surface area contributed by atoms with Gasteiger partial charge in [0.25, 0.3) is 0 Å². The van der Waals surface area contributed by atoms with E-state index in [9.17, 15) is 9.59 Å². The van der Waals surface area contributed by atoms with Crippen molar-refractivity contribution in [2.45, 2.75) is 39.3 Å². The van der Waals surface area contributed by atoms with E-state index in [1.165, 1.54) is 36.1 Å². The number of carbonyl (C=O) groups is 2. The van der Waals surface area contributed by atoms with E-state index < -0.39 is 11.9 Å². The zero-order valence-electron chi connectivity index (χ0n) is 18.9. The molecule has 0 spiro atoms. The number of benzene rings is 2. The van der Waals surface area contributed by atoms with Gasteiger partial charge in [-0.2, -0.15) is 0 Å². The molecule has 1 fully saturated rings. The van der Waals surface area contributed by atoms with Gasteiger partial charge in [0.2, 0.25) is 0 Å². The summed E-state index contributed by atoms with van der Waals surface area (Å²) >= 11 is 0. The van der Waals surface area contributed by atoms with Crippen molar-refractivity contribution in [1.29, 1.82) is 0 Å². The fourth-order valence-electron chi connectivity index (χ4n) is 3.90. The fraction of sp³-hybridized carbons (Fsp3) is 0.385. The molecular formula is C26H34N2O4. The Morgan fingerprint density at radius 2 is 1.53 bits per heavy atom. The first-order valence-electron chi connectivity index (χ1n) is 11.1. The normalized spacial score (nSPS) is 14.4. The van der Waals surface area contributed by atoms with E-state index in [4.69, 9.17) is 10.2 Å². The van der Waals surface area contributed by atoms with Crippen LogP contribution in [0.25, 0.3) is 11.1 Å². The van der Waals surface area contributed by atoms with Crippen LogP contribution in [-0.2, 0) is 16.1 Å². The smallest absolute Gasteiger partial charge is 0.328 e. The van der Waals surface area contributed by atoms with Crippen LogP contribution < -0.4 is 5.32 Å². The van der Waals surface area contributed by atoms with Crippen molar-refractivity contribution in [3.63, 3.8) is 0 Å². The number of piperidine rings is 1. The first kappa shape index (κ1) is 25.3. The summed E-state index contributed by atoms with van der Waals surface area (Å²) < 4.78 is 0. The summed E-state index contributed by atoms with van der Waals surface area (Å²) in [6, 6.07) is 20.4. The van der Waals surface area contributed by atoms with Crippen LogP contribution in [-0.4, -0.2) is 52.7 Å². The van der Waals surface area contributed by atoms with Crippen LogP contribution in [0, 0.1) is 5.92 Å². The summed E-state index contributed by atoms with van der Waals surface area (Å²) in [7, 11) is 0. The lowest BCUT2D eigenvalue weighted by Crippen LogP contribution is -2.44. The maximum Gasteiger partial charge on any atom is 0.328 e. The van der Waals surface area contributed by atoms with Gasteiger partial charge in [0, 0.05) is 31.3 Å². The van der Waals surface area contributed by atoms with Crippen LogP contribution in [0.2, 0.25) is 0 Å². The van der Waals surface area contributed by atoms with E-state index in [1.54, 1.807) is 0 Å². The summed E-state index contributed by atoms with van der Waals surface area (Å²) in [6.45, 7) is 9.19. The first-order valence-corrected chi connectivity index (χ1v) is 11.1. The Morgan fingerprint density at radius 1 is 0.969 bits per heavy atom. The van der Waals surface area contributed by atoms with Crippen LogP contribution in [0.3, 0.4) is 0 Å². The minimum Gasteiger partial charge on any atom is -0.478 e. The van der Waals surface area contributed by atoms with Gasteiger partial charge in [-0.1, -0.05) is 68.4 Å². The molecular weight excluding hydrogens is 404 g/mol. The van der Waals surface area contributed by atoms with Crippen molar-refractivity contribution in [1.82, 2.24) is 10.2 Å². The lowest BCUT2D eigenvalue weighted by molar-refractivity contribution is -0.134. The van der Waals surface area contributed by atoms with Crippen molar-refractivity contribution in [2.24, 2.45) is 5.92 Å². The second-order valence-corrected chi connectivity index (χ2v) is 8.34. The van der Waals surface area contributed by atoms with Gasteiger partial charge in [-0.15, -0.1) is 0 Å². The Hall–Kier alpha value is -2.96. The average Bonchev–Trinajstić information content (AvgIpc) is 2.79. The third-order valence-electron chi connectivity index (χ3n) is 5.27. The van der Waals surface area contributed by atoms with Crippen LogP contribution in [0.15, 0.2) is 66.7 Å². The zero-order valence-corrected chi connectivity index (χ0v) is 18.9. The van der Waals surface area contributed by atoms with Gasteiger partial charge in [-0.3, -0.25) is 4.90 Å². The average molecular weight is 439 g/mol. The van der Waals surface area contributed by atoms with E-state index >= 15 is 0 Å². The van der Waals surface area contributed by atoms with Crippen molar-refractivity contribution in [2.75, 3.05) is 19.6 Å². The Kier molecular flexibility index (Phi) is 10.6. The quantitative estimate of drug-likeness (QED) is 0.533. The second-order valence-electron chi connectivity index (χ2n) is 8.34. The molecule has 0 aliphatic carbocycles. The minimum absolute atomic E-state index is 0.558. The predicted octanol–water partition coefficient (Wildman–Crippen LogP) is 4.28. The molecule has 1 heterocycles. The SMILES string of the molecule is CC(C)CN(Cc1ccccc1-c1ccccc1)C1CCNCC1.O=C(O)C=CC(=O)O. The Morgan fingerprint density at radius 3 is 2.09 bits per heavy atom. The van der Waals surface area contributed by atoms with Crippen molar-refractivity contribution >= 4 is 11.9 Å². The number of carboxylic acid groups (broad SMARTS) is 2. The largest absolute Gasteiger partial charge is 0.478 e. The van der Waals surface area contributed by atoms with E-state index in [0.29, 0.717) is 24.1 Å². The molecule has 32 heavy (non-hydrogen) atoms. The second kappa shape index (κ2) is 13.5. The molecule has 0 aromatic heterocycles. The molecule has 172 valence electrons. The van der Waals surface area contributed by atoms with Gasteiger partial charge in [-0.25, -0.2) is 9.59 Å². The molecule has 1 aliphatic heterocycles. The van der Waals surface area contributed by atoms with Gasteiger partial charge >= 0.3 is 11.9 Å². The standard InChI is InChI=1S/C22H30N2.C4H4O4/c1-18(2)16-24(21-12-14-23-15-13-21)17-20-10-6-7-11-22(20)19-8-4-3-5-9-19;5-3(6)1-2-4(7)8/h3-11,18,21,23H,12-17H2,1-2H3;1-2H,(H,5,6)(H,7,8). The molecule has 0 unspecified atom stereocenters. The molecule has 3 rings (SSSR count). The van der Waals surface area contributed by atoms with Gasteiger partial charge < -0.3 is 15.5 Å². The highest BCUT2D eigenvalue weighted by Crippen LogP contribution is 2.26. The Bertz CT molecular complexity index is 858. The van der Waals surface area contributed by atoms with Gasteiger partial charge in [0.15, 0.2) is 0 Å². The Labute approximate surface area is 190 Å². The third-order valence-corrected chi connectivity index (χ3v) is 5.27. The van der Waals surface area contributed by atoms with Crippen molar-refractivity contribution < 1.29 is 19.8 Å². The van der Waals surface area contributed by atoms with Crippen molar-refractivity contribution in [3.05, 3.63) is 72.3 Å². The number of aliphatic carboxylic acids is 2. The lowest BCUT2D eigenvalue weighted by Gasteiger charge is -2.36. The van der Waals surface area contributed by atoms with Gasteiger partial charge in [0.1, 0.15) is 0 Å².